The minimum atomic E-state index is 0.410. The second kappa shape index (κ2) is 6.99. The molecule has 0 spiro atoms. The molecule has 0 radical (unpaired) electrons. The van der Waals surface area contributed by atoms with E-state index in [1.165, 1.54) is 11.1 Å². The van der Waals surface area contributed by atoms with E-state index in [-0.39, 0.29) is 0 Å². The van der Waals surface area contributed by atoms with Crippen molar-refractivity contribution in [1.82, 2.24) is 0 Å². The molecule has 2 aromatic rings. The van der Waals surface area contributed by atoms with E-state index >= 15 is 0 Å². The SMILES string of the molecule is CCC(Cc1ccccc1)Nc1cc(C)ccc1OC. The second-order valence-corrected chi connectivity index (χ2v) is 5.14. The average molecular weight is 269 g/mol. The van der Waals surface area contributed by atoms with Gasteiger partial charge in [0.2, 0.25) is 0 Å². The van der Waals surface area contributed by atoms with Crippen molar-refractivity contribution in [2.75, 3.05) is 12.4 Å². The number of nitrogens with one attached hydrogen (secondary N) is 1. The van der Waals surface area contributed by atoms with Crippen molar-refractivity contribution in [2.45, 2.75) is 32.7 Å². The second-order valence-electron chi connectivity index (χ2n) is 5.14. The van der Waals surface area contributed by atoms with Gasteiger partial charge in [0.15, 0.2) is 0 Å². The highest BCUT2D eigenvalue weighted by molar-refractivity contribution is 5.58. The van der Waals surface area contributed by atoms with Crippen LogP contribution in [0.4, 0.5) is 5.69 Å². The molecule has 0 bridgehead atoms. The normalized spacial score (nSPS) is 11.9. The molecule has 2 nitrogen and oxygen atoms in total. The summed E-state index contributed by atoms with van der Waals surface area (Å²) in [5.41, 5.74) is 3.68. The Morgan fingerprint density at radius 2 is 1.85 bits per heavy atom. The maximum absolute atomic E-state index is 5.43. The molecule has 1 atom stereocenters. The first kappa shape index (κ1) is 14.4. The van der Waals surface area contributed by atoms with Crippen molar-refractivity contribution in [1.29, 1.82) is 0 Å². The molecule has 106 valence electrons. The predicted octanol–water partition coefficient (Wildman–Crippen LogP) is 4.44. The van der Waals surface area contributed by atoms with Crippen molar-refractivity contribution < 1.29 is 4.74 Å². The molecule has 0 saturated heterocycles. The third-order valence-corrected chi connectivity index (χ3v) is 3.53. The van der Waals surface area contributed by atoms with Crippen LogP contribution in [0.5, 0.6) is 5.75 Å². The summed E-state index contributed by atoms with van der Waals surface area (Å²) in [7, 11) is 1.72. The zero-order chi connectivity index (χ0) is 14.4. The molecule has 0 aliphatic carbocycles. The number of methoxy groups -OCH3 is 1. The number of ether oxygens (including phenoxy) is 1. The molecular formula is C18H23NO. The van der Waals surface area contributed by atoms with Crippen molar-refractivity contribution >= 4 is 5.69 Å². The molecule has 20 heavy (non-hydrogen) atoms. The van der Waals surface area contributed by atoms with Gasteiger partial charge >= 0.3 is 0 Å². The molecular weight excluding hydrogens is 246 g/mol. The Morgan fingerprint density at radius 1 is 1.10 bits per heavy atom. The molecule has 0 aliphatic rings. The lowest BCUT2D eigenvalue weighted by Gasteiger charge is -2.20. The Bertz CT molecular complexity index is 536. The quantitative estimate of drug-likeness (QED) is 0.837. The van der Waals surface area contributed by atoms with Crippen molar-refractivity contribution in [3.8, 4) is 5.75 Å². The van der Waals surface area contributed by atoms with Crippen LogP contribution in [-0.4, -0.2) is 13.2 Å². The van der Waals surface area contributed by atoms with Gasteiger partial charge in [-0.05, 0) is 43.0 Å². The summed E-state index contributed by atoms with van der Waals surface area (Å²) in [4.78, 5) is 0. The molecule has 0 saturated carbocycles. The highest BCUT2D eigenvalue weighted by Gasteiger charge is 2.10. The summed E-state index contributed by atoms with van der Waals surface area (Å²) in [6, 6.07) is 17.2. The van der Waals surface area contributed by atoms with Crippen LogP contribution >= 0.6 is 0 Å². The monoisotopic (exact) mass is 269 g/mol. The van der Waals surface area contributed by atoms with Crippen molar-refractivity contribution in [2.24, 2.45) is 0 Å². The van der Waals surface area contributed by atoms with Crippen LogP contribution in [0.25, 0.3) is 0 Å². The molecule has 0 aromatic heterocycles. The van der Waals surface area contributed by atoms with Crippen LogP contribution in [0.3, 0.4) is 0 Å². The van der Waals surface area contributed by atoms with E-state index in [1.54, 1.807) is 7.11 Å². The van der Waals surface area contributed by atoms with Crippen molar-refractivity contribution in [3.63, 3.8) is 0 Å². The van der Waals surface area contributed by atoms with E-state index in [2.05, 4.69) is 61.6 Å². The van der Waals surface area contributed by atoms with E-state index in [0.717, 1.165) is 24.3 Å². The largest absolute Gasteiger partial charge is 0.495 e. The summed E-state index contributed by atoms with van der Waals surface area (Å²) in [5, 5.41) is 3.61. The first-order valence-electron chi connectivity index (χ1n) is 7.18. The number of hydrogen-bond donors (Lipinski definition) is 1. The van der Waals surface area contributed by atoms with E-state index < -0.39 is 0 Å². The number of hydrogen-bond acceptors (Lipinski definition) is 2. The van der Waals surface area contributed by atoms with E-state index in [1.807, 2.05) is 6.07 Å². The van der Waals surface area contributed by atoms with Gasteiger partial charge in [0.05, 0.1) is 12.8 Å². The maximum Gasteiger partial charge on any atom is 0.141 e. The molecule has 2 aromatic carbocycles. The fourth-order valence-corrected chi connectivity index (χ4v) is 2.35. The molecule has 2 rings (SSSR count). The van der Waals surface area contributed by atoms with Crippen LogP contribution in [0.2, 0.25) is 0 Å². The first-order valence-corrected chi connectivity index (χ1v) is 7.18. The van der Waals surface area contributed by atoms with Crippen LogP contribution in [-0.2, 0) is 6.42 Å². The van der Waals surface area contributed by atoms with Gasteiger partial charge in [-0.1, -0.05) is 43.3 Å². The summed E-state index contributed by atoms with van der Waals surface area (Å²) in [6.07, 6.45) is 2.10. The van der Waals surface area contributed by atoms with E-state index in [9.17, 15) is 0 Å². The number of aryl methyl sites for hydroxylation is 1. The Hall–Kier alpha value is -1.96. The van der Waals surface area contributed by atoms with E-state index in [0.29, 0.717) is 6.04 Å². The first-order chi connectivity index (χ1) is 9.72. The number of anilines is 1. The standard InChI is InChI=1S/C18H23NO/c1-4-16(13-15-8-6-5-7-9-15)19-17-12-14(2)10-11-18(17)20-3/h5-12,16,19H,4,13H2,1-3H3. The lowest BCUT2D eigenvalue weighted by molar-refractivity contribution is 0.415. The number of rotatable bonds is 6. The Kier molecular flexibility index (Phi) is 5.05. The van der Waals surface area contributed by atoms with Crippen molar-refractivity contribution in [3.05, 3.63) is 59.7 Å². The highest BCUT2D eigenvalue weighted by Crippen LogP contribution is 2.26. The predicted molar refractivity (Wildman–Crippen MR) is 85.6 cm³/mol. The van der Waals surface area contributed by atoms with Crippen LogP contribution in [0.15, 0.2) is 48.5 Å². The van der Waals surface area contributed by atoms with Crippen LogP contribution in [0.1, 0.15) is 24.5 Å². The van der Waals surface area contributed by atoms with Gasteiger partial charge in [0.1, 0.15) is 5.75 Å². The maximum atomic E-state index is 5.43. The fraction of sp³-hybridized carbons (Fsp3) is 0.333. The van der Waals surface area contributed by atoms with Gasteiger partial charge in [0.25, 0.3) is 0 Å². The average Bonchev–Trinajstić information content (AvgIpc) is 2.48. The minimum absolute atomic E-state index is 0.410. The van der Waals surface area contributed by atoms with Crippen LogP contribution in [0, 0.1) is 6.92 Å². The third-order valence-electron chi connectivity index (χ3n) is 3.53. The summed E-state index contributed by atoms with van der Waals surface area (Å²) in [5.74, 6) is 0.905. The zero-order valence-electron chi connectivity index (χ0n) is 12.5. The Balaban J connectivity index is 2.12. The molecule has 1 unspecified atom stereocenters. The van der Waals surface area contributed by atoms with Gasteiger partial charge in [-0.15, -0.1) is 0 Å². The molecule has 0 fully saturated rings. The third kappa shape index (κ3) is 3.77. The minimum Gasteiger partial charge on any atom is -0.495 e. The Labute approximate surface area is 121 Å². The van der Waals surface area contributed by atoms with Gasteiger partial charge in [-0.3, -0.25) is 0 Å². The lowest BCUT2D eigenvalue weighted by Crippen LogP contribution is -2.21. The van der Waals surface area contributed by atoms with Crippen LogP contribution < -0.4 is 10.1 Å². The van der Waals surface area contributed by atoms with Gasteiger partial charge < -0.3 is 10.1 Å². The Morgan fingerprint density at radius 3 is 2.50 bits per heavy atom. The van der Waals surface area contributed by atoms with E-state index in [4.69, 9.17) is 4.74 Å². The summed E-state index contributed by atoms with van der Waals surface area (Å²) >= 11 is 0. The van der Waals surface area contributed by atoms with Gasteiger partial charge in [-0.25, -0.2) is 0 Å². The molecule has 2 heteroatoms. The van der Waals surface area contributed by atoms with Gasteiger partial charge in [0, 0.05) is 6.04 Å². The molecule has 0 heterocycles. The summed E-state index contributed by atoms with van der Waals surface area (Å²) < 4.78 is 5.43. The highest BCUT2D eigenvalue weighted by atomic mass is 16.5. The smallest absolute Gasteiger partial charge is 0.141 e. The van der Waals surface area contributed by atoms with Gasteiger partial charge in [-0.2, -0.15) is 0 Å². The number of benzene rings is 2. The molecule has 0 amide bonds. The summed E-state index contributed by atoms with van der Waals surface area (Å²) in [6.45, 7) is 4.31. The zero-order valence-corrected chi connectivity index (χ0v) is 12.5. The lowest BCUT2D eigenvalue weighted by atomic mass is 10.0. The topological polar surface area (TPSA) is 21.3 Å². The molecule has 1 N–H and O–H groups in total. The molecule has 0 aliphatic heterocycles. The fourth-order valence-electron chi connectivity index (χ4n) is 2.35.